The van der Waals surface area contributed by atoms with E-state index >= 15 is 0 Å². The minimum Gasteiger partial charge on any atom is -0.321 e. The van der Waals surface area contributed by atoms with Gasteiger partial charge in [0.2, 0.25) is 0 Å². The zero-order valence-corrected chi connectivity index (χ0v) is 16.7. The number of hydrogen-bond acceptors (Lipinski definition) is 2. The molecular formula is C23H20ClN3O. The van der Waals surface area contributed by atoms with Crippen LogP contribution in [-0.2, 0) is 4.79 Å². The van der Waals surface area contributed by atoms with E-state index in [1.165, 1.54) is 0 Å². The number of benzene rings is 2. The number of nitriles is 1. The van der Waals surface area contributed by atoms with Gasteiger partial charge in [0.1, 0.15) is 11.6 Å². The van der Waals surface area contributed by atoms with Crippen LogP contribution in [0, 0.1) is 32.1 Å². The molecule has 0 bridgehead atoms. The normalized spacial score (nSPS) is 11.2. The van der Waals surface area contributed by atoms with Gasteiger partial charge >= 0.3 is 0 Å². The van der Waals surface area contributed by atoms with Crippen LogP contribution in [0.25, 0.3) is 11.8 Å². The van der Waals surface area contributed by atoms with Crippen molar-refractivity contribution in [1.29, 1.82) is 5.26 Å². The van der Waals surface area contributed by atoms with E-state index in [0.29, 0.717) is 10.7 Å². The lowest BCUT2D eigenvalue weighted by Gasteiger charge is -2.12. The molecule has 5 heteroatoms. The molecule has 0 saturated heterocycles. The van der Waals surface area contributed by atoms with Gasteiger partial charge in [-0.1, -0.05) is 29.8 Å². The molecule has 1 aromatic heterocycles. The predicted octanol–water partition coefficient (Wildman–Crippen LogP) is 5.60. The molecule has 0 aliphatic rings. The maximum atomic E-state index is 12.5. The average molecular weight is 390 g/mol. The Labute approximate surface area is 169 Å². The molecule has 0 saturated carbocycles. The minimum absolute atomic E-state index is 0.0417. The fourth-order valence-corrected chi connectivity index (χ4v) is 3.28. The predicted molar refractivity (Wildman–Crippen MR) is 114 cm³/mol. The van der Waals surface area contributed by atoms with Crippen molar-refractivity contribution in [2.75, 3.05) is 5.32 Å². The van der Waals surface area contributed by atoms with Crippen molar-refractivity contribution >= 4 is 29.3 Å². The van der Waals surface area contributed by atoms with Gasteiger partial charge in [-0.3, -0.25) is 4.79 Å². The molecule has 140 valence electrons. The number of aromatic nitrogens is 1. The molecule has 0 spiro atoms. The zero-order valence-electron chi connectivity index (χ0n) is 16.0. The number of amides is 1. The summed E-state index contributed by atoms with van der Waals surface area (Å²) in [6, 6.07) is 18.9. The molecule has 1 amide bonds. The van der Waals surface area contributed by atoms with Crippen molar-refractivity contribution in [3.63, 3.8) is 0 Å². The maximum absolute atomic E-state index is 12.5. The van der Waals surface area contributed by atoms with Gasteiger partial charge in [-0.05, 0) is 74.4 Å². The molecule has 2 aromatic carbocycles. The Morgan fingerprint density at radius 1 is 1.11 bits per heavy atom. The van der Waals surface area contributed by atoms with Gasteiger partial charge < -0.3 is 9.88 Å². The molecule has 28 heavy (non-hydrogen) atoms. The third kappa shape index (κ3) is 4.00. The number of aryl methyl sites for hydroxylation is 2. The lowest BCUT2D eigenvalue weighted by Crippen LogP contribution is -2.13. The highest BCUT2D eigenvalue weighted by atomic mass is 35.5. The molecule has 0 unspecified atom stereocenters. The molecule has 0 aliphatic carbocycles. The highest BCUT2D eigenvalue weighted by Crippen LogP contribution is 2.25. The highest BCUT2D eigenvalue weighted by molar-refractivity contribution is 6.30. The summed E-state index contributed by atoms with van der Waals surface area (Å²) >= 11 is 5.86. The van der Waals surface area contributed by atoms with Gasteiger partial charge in [0, 0.05) is 27.8 Å². The Morgan fingerprint density at radius 2 is 1.79 bits per heavy atom. The fourth-order valence-electron chi connectivity index (χ4n) is 3.15. The molecule has 1 N–H and O–H groups in total. The molecule has 0 radical (unpaired) electrons. The Bertz CT molecular complexity index is 1100. The quantitative estimate of drug-likeness (QED) is 0.466. The summed E-state index contributed by atoms with van der Waals surface area (Å²) < 4.78 is 2.13. The van der Waals surface area contributed by atoms with Gasteiger partial charge in [-0.15, -0.1) is 0 Å². The lowest BCUT2D eigenvalue weighted by atomic mass is 10.1. The second-order valence-electron chi connectivity index (χ2n) is 6.58. The Morgan fingerprint density at radius 3 is 2.43 bits per heavy atom. The molecule has 0 fully saturated rings. The standard InChI is InChI=1S/C23H20ClN3O/c1-15-6-4-5-7-22(15)27-16(2)12-18(17(27)3)13-19(14-25)23(28)26-21-10-8-20(24)9-11-21/h4-13H,1-3H3,(H,26,28)/b19-13-. The number of carbonyl (C=O) groups excluding carboxylic acids is 1. The lowest BCUT2D eigenvalue weighted by molar-refractivity contribution is -0.112. The molecular weight excluding hydrogens is 370 g/mol. The third-order valence-corrected chi connectivity index (χ3v) is 4.85. The third-order valence-electron chi connectivity index (χ3n) is 4.59. The highest BCUT2D eigenvalue weighted by Gasteiger charge is 2.14. The van der Waals surface area contributed by atoms with E-state index in [1.54, 1.807) is 30.3 Å². The SMILES string of the molecule is Cc1ccccc1-n1c(C)cc(/C=C(/C#N)C(=O)Nc2ccc(Cl)cc2)c1C. The van der Waals surface area contributed by atoms with Gasteiger partial charge in [0.15, 0.2) is 0 Å². The van der Waals surface area contributed by atoms with Crippen molar-refractivity contribution in [3.05, 3.63) is 87.7 Å². The second kappa shape index (κ2) is 8.16. The van der Waals surface area contributed by atoms with Crippen molar-refractivity contribution in [2.45, 2.75) is 20.8 Å². The van der Waals surface area contributed by atoms with E-state index < -0.39 is 5.91 Å². The van der Waals surface area contributed by atoms with Crippen molar-refractivity contribution in [3.8, 4) is 11.8 Å². The van der Waals surface area contributed by atoms with Crippen LogP contribution in [0.1, 0.15) is 22.5 Å². The van der Waals surface area contributed by atoms with E-state index in [0.717, 1.165) is 28.2 Å². The van der Waals surface area contributed by atoms with Crippen LogP contribution in [0.2, 0.25) is 5.02 Å². The average Bonchev–Trinajstić information content (AvgIpc) is 2.95. The molecule has 0 atom stereocenters. The number of halogens is 1. The zero-order chi connectivity index (χ0) is 20.3. The van der Waals surface area contributed by atoms with Crippen molar-refractivity contribution in [1.82, 2.24) is 4.57 Å². The summed E-state index contributed by atoms with van der Waals surface area (Å²) in [5, 5.41) is 12.8. The van der Waals surface area contributed by atoms with E-state index in [1.807, 2.05) is 38.1 Å². The molecule has 4 nitrogen and oxygen atoms in total. The van der Waals surface area contributed by atoms with Crippen molar-refractivity contribution < 1.29 is 4.79 Å². The Kier molecular flexibility index (Phi) is 5.67. The first kappa shape index (κ1) is 19.5. The van der Waals surface area contributed by atoms with Crippen LogP contribution in [0.5, 0.6) is 0 Å². The number of nitrogens with one attached hydrogen (secondary N) is 1. The first-order valence-electron chi connectivity index (χ1n) is 8.84. The first-order chi connectivity index (χ1) is 13.4. The van der Waals surface area contributed by atoms with Crippen LogP contribution in [-0.4, -0.2) is 10.5 Å². The maximum Gasteiger partial charge on any atom is 0.266 e. The first-order valence-corrected chi connectivity index (χ1v) is 9.22. The summed E-state index contributed by atoms with van der Waals surface area (Å²) in [6.07, 6.45) is 1.63. The number of hydrogen-bond donors (Lipinski definition) is 1. The van der Waals surface area contributed by atoms with E-state index in [9.17, 15) is 10.1 Å². The summed E-state index contributed by atoms with van der Waals surface area (Å²) in [5.41, 5.74) is 5.71. The minimum atomic E-state index is -0.453. The van der Waals surface area contributed by atoms with Crippen LogP contribution >= 0.6 is 11.6 Å². The Hall–Kier alpha value is -3.29. The molecule has 1 heterocycles. The summed E-state index contributed by atoms with van der Waals surface area (Å²) in [6.45, 7) is 6.05. The van der Waals surface area contributed by atoms with E-state index in [-0.39, 0.29) is 5.57 Å². The molecule has 3 rings (SSSR count). The van der Waals surface area contributed by atoms with Gasteiger partial charge in [0.05, 0.1) is 0 Å². The van der Waals surface area contributed by atoms with Crippen LogP contribution < -0.4 is 5.32 Å². The number of carbonyl (C=O) groups is 1. The molecule has 3 aromatic rings. The number of rotatable bonds is 4. The number of para-hydroxylation sites is 1. The topological polar surface area (TPSA) is 57.8 Å². The van der Waals surface area contributed by atoms with Gasteiger partial charge in [-0.2, -0.15) is 5.26 Å². The Balaban J connectivity index is 1.94. The van der Waals surface area contributed by atoms with Crippen LogP contribution in [0.15, 0.2) is 60.2 Å². The number of anilines is 1. The number of nitrogens with zero attached hydrogens (tertiary/aromatic N) is 2. The summed E-state index contributed by atoms with van der Waals surface area (Å²) in [4.78, 5) is 12.5. The summed E-state index contributed by atoms with van der Waals surface area (Å²) in [5.74, 6) is -0.453. The fraction of sp³-hybridized carbons (Fsp3) is 0.130. The van der Waals surface area contributed by atoms with Gasteiger partial charge in [0.25, 0.3) is 5.91 Å². The van der Waals surface area contributed by atoms with Gasteiger partial charge in [-0.25, -0.2) is 0 Å². The largest absolute Gasteiger partial charge is 0.321 e. The van der Waals surface area contributed by atoms with E-state index in [2.05, 4.69) is 28.9 Å². The monoisotopic (exact) mass is 389 g/mol. The van der Waals surface area contributed by atoms with E-state index in [4.69, 9.17) is 11.6 Å². The van der Waals surface area contributed by atoms with Crippen LogP contribution in [0.3, 0.4) is 0 Å². The second-order valence-corrected chi connectivity index (χ2v) is 7.02. The van der Waals surface area contributed by atoms with Crippen molar-refractivity contribution in [2.24, 2.45) is 0 Å². The van der Waals surface area contributed by atoms with Crippen LogP contribution in [0.4, 0.5) is 5.69 Å². The molecule has 0 aliphatic heterocycles. The summed E-state index contributed by atoms with van der Waals surface area (Å²) in [7, 11) is 0. The smallest absolute Gasteiger partial charge is 0.266 e.